The van der Waals surface area contributed by atoms with Gasteiger partial charge in [0.1, 0.15) is 5.82 Å². The Hall–Kier alpha value is -0.890. The zero-order valence-corrected chi connectivity index (χ0v) is 10.3. The molecule has 2 aliphatic rings. The summed E-state index contributed by atoms with van der Waals surface area (Å²) in [6.45, 7) is 2.03. The topological polar surface area (TPSA) is 26.0 Å². The SMILES string of the molecule is Cc1ccc(F)cc1C(N)C1C2CCCCC21. The molecule has 1 aromatic rings. The van der Waals surface area contributed by atoms with Crippen LogP contribution in [0.1, 0.15) is 42.9 Å². The van der Waals surface area contributed by atoms with E-state index in [9.17, 15) is 4.39 Å². The summed E-state index contributed by atoms with van der Waals surface area (Å²) in [7, 11) is 0. The lowest BCUT2D eigenvalue weighted by molar-refractivity contribution is 0.480. The van der Waals surface area contributed by atoms with Gasteiger partial charge in [0, 0.05) is 6.04 Å². The van der Waals surface area contributed by atoms with Crippen molar-refractivity contribution in [2.45, 2.75) is 38.6 Å². The average molecular weight is 233 g/mol. The van der Waals surface area contributed by atoms with Crippen molar-refractivity contribution in [2.75, 3.05) is 0 Å². The third-order valence-corrected chi connectivity index (χ3v) is 4.74. The highest BCUT2D eigenvalue weighted by molar-refractivity contribution is 5.31. The minimum Gasteiger partial charge on any atom is -0.324 e. The Morgan fingerprint density at radius 3 is 2.53 bits per heavy atom. The molecule has 0 amide bonds. The second-order valence-electron chi connectivity index (χ2n) is 5.72. The Balaban J connectivity index is 1.82. The molecule has 3 unspecified atom stereocenters. The van der Waals surface area contributed by atoms with Gasteiger partial charge in [0.2, 0.25) is 0 Å². The van der Waals surface area contributed by atoms with E-state index < -0.39 is 0 Å². The smallest absolute Gasteiger partial charge is 0.123 e. The fourth-order valence-corrected chi connectivity index (χ4v) is 3.76. The standard InChI is InChI=1S/C15H20FN/c1-9-6-7-10(16)8-13(9)15(17)14-11-4-2-3-5-12(11)14/h6-8,11-12,14-15H,2-5,17H2,1H3. The Morgan fingerprint density at radius 2 is 1.88 bits per heavy atom. The lowest BCUT2D eigenvalue weighted by atomic mass is 9.96. The molecule has 1 nitrogen and oxygen atoms in total. The molecule has 2 aliphatic carbocycles. The monoisotopic (exact) mass is 233 g/mol. The average Bonchev–Trinajstić information content (AvgIpc) is 3.05. The van der Waals surface area contributed by atoms with Crippen molar-refractivity contribution in [3.05, 3.63) is 35.1 Å². The zero-order chi connectivity index (χ0) is 12.0. The molecule has 3 atom stereocenters. The van der Waals surface area contributed by atoms with E-state index in [-0.39, 0.29) is 11.9 Å². The molecule has 3 rings (SSSR count). The minimum atomic E-state index is -0.162. The van der Waals surface area contributed by atoms with Crippen LogP contribution in [0, 0.1) is 30.5 Å². The van der Waals surface area contributed by atoms with Crippen LogP contribution in [-0.4, -0.2) is 0 Å². The summed E-state index contributed by atoms with van der Waals surface area (Å²) in [5, 5.41) is 0. The molecular formula is C15H20FN. The summed E-state index contributed by atoms with van der Waals surface area (Å²) in [4.78, 5) is 0. The molecule has 0 spiro atoms. The molecule has 0 heterocycles. The van der Waals surface area contributed by atoms with Crippen molar-refractivity contribution >= 4 is 0 Å². The maximum Gasteiger partial charge on any atom is 0.123 e. The van der Waals surface area contributed by atoms with E-state index in [1.807, 2.05) is 13.0 Å². The molecular weight excluding hydrogens is 213 g/mol. The van der Waals surface area contributed by atoms with Gasteiger partial charge in [0.05, 0.1) is 0 Å². The van der Waals surface area contributed by atoms with Gasteiger partial charge in [0.15, 0.2) is 0 Å². The zero-order valence-electron chi connectivity index (χ0n) is 10.3. The first kappa shape index (κ1) is 11.2. The maximum atomic E-state index is 13.3. The molecule has 17 heavy (non-hydrogen) atoms. The van der Waals surface area contributed by atoms with Gasteiger partial charge in [-0.05, 0) is 60.8 Å². The van der Waals surface area contributed by atoms with Gasteiger partial charge in [-0.3, -0.25) is 0 Å². The van der Waals surface area contributed by atoms with E-state index in [4.69, 9.17) is 5.73 Å². The van der Waals surface area contributed by atoms with Crippen molar-refractivity contribution < 1.29 is 4.39 Å². The quantitative estimate of drug-likeness (QED) is 0.830. The van der Waals surface area contributed by atoms with E-state index in [0.29, 0.717) is 5.92 Å². The molecule has 0 aliphatic heterocycles. The first-order valence-corrected chi connectivity index (χ1v) is 6.70. The van der Waals surface area contributed by atoms with E-state index in [1.54, 1.807) is 6.07 Å². The third kappa shape index (κ3) is 1.89. The number of hydrogen-bond donors (Lipinski definition) is 1. The van der Waals surface area contributed by atoms with E-state index in [2.05, 4.69) is 0 Å². The fourth-order valence-electron chi connectivity index (χ4n) is 3.76. The van der Waals surface area contributed by atoms with Crippen molar-refractivity contribution in [2.24, 2.45) is 23.5 Å². The molecule has 2 saturated carbocycles. The van der Waals surface area contributed by atoms with Gasteiger partial charge < -0.3 is 5.73 Å². The molecule has 0 aromatic heterocycles. The summed E-state index contributed by atoms with van der Waals surface area (Å²) in [5.41, 5.74) is 8.51. The number of halogens is 1. The molecule has 1 aromatic carbocycles. The van der Waals surface area contributed by atoms with Crippen LogP contribution in [0.15, 0.2) is 18.2 Å². The van der Waals surface area contributed by atoms with Crippen molar-refractivity contribution in [1.82, 2.24) is 0 Å². The van der Waals surface area contributed by atoms with Gasteiger partial charge in [-0.25, -0.2) is 4.39 Å². The summed E-state index contributed by atoms with van der Waals surface area (Å²) < 4.78 is 13.3. The van der Waals surface area contributed by atoms with Gasteiger partial charge in [-0.2, -0.15) is 0 Å². The van der Waals surface area contributed by atoms with Gasteiger partial charge in [-0.15, -0.1) is 0 Å². The summed E-state index contributed by atoms with van der Waals surface area (Å²) in [6, 6.07) is 5.03. The molecule has 0 bridgehead atoms. The van der Waals surface area contributed by atoms with Crippen molar-refractivity contribution in [3.63, 3.8) is 0 Å². The number of hydrogen-bond acceptors (Lipinski definition) is 1. The van der Waals surface area contributed by atoms with Crippen LogP contribution in [0.25, 0.3) is 0 Å². The lowest BCUT2D eigenvalue weighted by Gasteiger charge is -2.15. The number of fused-ring (bicyclic) bond motifs is 1. The van der Waals surface area contributed by atoms with Crippen LogP contribution in [-0.2, 0) is 0 Å². The van der Waals surface area contributed by atoms with Gasteiger partial charge in [-0.1, -0.05) is 18.9 Å². The summed E-state index contributed by atoms with van der Waals surface area (Å²) in [6.07, 6.45) is 5.37. The first-order chi connectivity index (χ1) is 8.18. The minimum absolute atomic E-state index is 0.0406. The second-order valence-corrected chi connectivity index (χ2v) is 5.72. The predicted molar refractivity (Wildman–Crippen MR) is 67.0 cm³/mol. The van der Waals surface area contributed by atoms with E-state index >= 15 is 0 Å². The van der Waals surface area contributed by atoms with Crippen LogP contribution in [0.4, 0.5) is 4.39 Å². The fraction of sp³-hybridized carbons (Fsp3) is 0.600. The Kier molecular flexibility index (Phi) is 2.70. The molecule has 92 valence electrons. The normalized spacial score (nSPS) is 33.0. The van der Waals surface area contributed by atoms with Crippen LogP contribution in [0.2, 0.25) is 0 Å². The van der Waals surface area contributed by atoms with Crippen LogP contribution >= 0.6 is 0 Å². The van der Waals surface area contributed by atoms with Crippen molar-refractivity contribution in [1.29, 1.82) is 0 Å². The third-order valence-electron chi connectivity index (χ3n) is 4.74. The Morgan fingerprint density at radius 1 is 1.24 bits per heavy atom. The maximum absolute atomic E-state index is 13.3. The largest absolute Gasteiger partial charge is 0.324 e. The summed E-state index contributed by atoms with van der Waals surface area (Å²) >= 11 is 0. The predicted octanol–water partition coefficient (Wildman–Crippen LogP) is 3.57. The Bertz CT molecular complexity index is 417. The number of rotatable bonds is 2. The van der Waals surface area contributed by atoms with Crippen molar-refractivity contribution in [3.8, 4) is 0 Å². The van der Waals surface area contributed by atoms with E-state index in [0.717, 1.165) is 23.0 Å². The number of aryl methyl sites for hydroxylation is 1. The second kappa shape index (κ2) is 4.09. The highest BCUT2D eigenvalue weighted by Crippen LogP contribution is 2.59. The summed E-state index contributed by atoms with van der Waals surface area (Å²) in [5.74, 6) is 2.09. The van der Waals surface area contributed by atoms with Crippen LogP contribution in [0.3, 0.4) is 0 Å². The lowest BCUT2D eigenvalue weighted by Crippen LogP contribution is -2.16. The molecule has 2 N–H and O–H groups in total. The van der Waals surface area contributed by atoms with Crippen LogP contribution < -0.4 is 5.73 Å². The van der Waals surface area contributed by atoms with Gasteiger partial charge >= 0.3 is 0 Å². The molecule has 0 saturated heterocycles. The molecule has 2 heteroatoms. The number of nitrogens with two attached hydrogens (primary N) is 1. The molecule has 0 radical (unpaired) electrons. The molecule has 2 fully saturated rings. The highest BCUT2D eigenvalue weighted by Gasteiger charge is 2.53. The van der Waals surface area contributed by atoms with E-state index in [1.165, 1.54) is 31.7 Å². The van der Waals surface area contributed by atoms with Crippen LogP contribution in [0.5, 0.6) is 0 Å². The Labute approximate surface area is 102 Å². The number of benzene rings is 1. The highest BCUT2D eigenvalue weighted by atomic mass is 19.1. The van der Waals surface area contributed by atoms with Gasteiger partial charge in [0.25, 0.3) is 0 Å². The first-order valence-electron chi connectivity index (χ1n) is 6.70.